The summed E-state index contributed by atoms with van der Waals surface area (Å²) in [6.07, 6.45) is 0.111. The van der Waals surface area contributed by atoms with E-state index < -0.39 is 23.9 Å². The van der Waals surface area contributed by atoms with Gasteiger partial charge in [-0.3, -0.25) is 4.79 Å². The summed E-state index contributed by atoms with van der Waals surface area (Å²) in [5.41, 5.74) is 2.15. The van der Waals surface area contributed by atoms with E-state index in [2.05, 4.69) is 10.6 Å². The first-order valence-electron chi connectivity index (χ1n) is 9.81. The highest BCUT2D eigenvalue weighted by Gasteiger charge is 2.25. The van der Waals surface area contributed by atoms with Crippen LogP contribution in [0.4, 0.5) is 8.78 Å². The second-order valence-corrected chi connectivity index (χ2v) is 7.34. The Balaban J connectivity index is 1.51. The summed E-state index contributed by atoms with van der Waals surface area (Å²) in [6, 6.07) is 8.26. The molecule has 1 amide bonds. The summed E-state index contributed by atoms with van der Waals surface area (Å²) in [5.74, 6) is -0.832. The molecule has 1 saturated heterocycles. The Morgan fingerprint density at radius 1 is 1.30 bits per heavy atom. The van der Waals surface area contributed by atoms with Crippen molar-refractivity contribution in [2.24, 2.45) is 0 Å². The minimum atomic E-state index is -0.915. The fourth-order valence-electron chi connectivity index (χ4n) is 3.68. The van der Waals surface area contributed by atoms with Crippen LogP contribution in [0.5, 0.6) is 5.75 Å². The van der Waals surface area contributed by atoms with Crippen LogP contribution >= 0.6 is 0 Å². The number of ether oxygens (including phenoxy) is 2. The topological polar surface area (TPSA) is 83.4 Å². The molecule has 0 aliphatic carbocycles. The molecule has 1 fully saturated rings. The highest BCUT2D eigenvalue weighted by molar-refractivity contribution is 5.81. The van der Waals surface area contributed by atoms with Crippen molar-refractivity contribution in [1.82, 2.24) is 10.6 Å². The molecule has 0 spiro atoms. The largest absolute Gasteiger partial charge is 0.488 e. The number of carbonyl (C=O) groups excluding carboxylic acids is 1. The zero-order chi connectivity index (χ0) is 21.1. The van der Waals surface area contributed by atoms with Crippen molar-refractivity contribution >= 4 is 5.91 Å². The van der Waals surface area contributed by atoms with Gasteiger partial charge in [-0.15, -0.1) is 0 Å². The van der Waals surface area contributed by atoms with Gasteiger partial charge < -0.3 is 20.1 Å². The molecule has 2 aromatic rings. The zero-order valence-electron chi connectivity index (χ0n) is 16.2. The first-order chi connectivity index (χ1) is 14.5. The van der Waals surface area contributed by atoms with Gasteiger partial charge in [-0.05, 0) is 48.4 Å². The van der Waals surface area contributed by atoms with E-state index in [4.69, 9.17) is 9.47 Å². The zero-order valence-corrected chi connectivity index (χ0v) is 16.2. The van der Waals surface area contributed by atoms with Crippen molar-refractivity contribution in [2.75, 3.05) is 19.7 Å². The lowest BCUT2D eigenvalue weighted by atomic mass is 9.94. The third-order valence-corrected chi connectivity index (χ3v) is 5.22. The van der Waals surface area contributed by atoms with Gasteiger partial charge in [-0.2, -0.15) is 5.26 Å². The van der Waals surface area contributed by atoms with Crippen LogP contribution < -0.4 is 15.4 Å². The number of nitrogens with one attached hydrogen (secondary N) is 2. The first kappa shape index (κ1) is 20.3. The van der Waals surface area contributed by atoms with Gasteiger partial charge in [0, 0.05) is 30.7 Å². The van der Waals surface area contributed by atoms with Gasteiger partial charge >= 0.3 is 0 Å². The Kier molecular flexibility index (Phi) is 5.93. The normalized spacial score (nSPS) is 18.8. The van der Waals surface area contributed by atoms with Crippen LogP contribution in [0.15, 0.2) is 30.3 Å². The van der Waals surface area contributed by atoms with E-state index in [9.17, 15) is 18.8 Å². The summed E-state index contributed by atoms with van der Waals surface area (Å²) in [5, 5.41) is 15.2. The van der Waals surface area contributed by atoms with E-state index in [1.165, 1.54) is 24.3 Å². The second-order valence-electron chi connectivity index (χ2n) is 7.34. The molecule has 0 saturated carbocycles. The number of benzene rings is 2. The minimum Gasteiger partial charge on any atom is -0.488 e. The van der Waals surface area contributed by atoms with E-state index in [1.54, 1.807) is 6.07 Å². The molecule has 0 bridgehead atoms. The quantitative estimate of drug-likeness (QED) is 0.805. The molecule has 2 aliphatic rings. The second kappa shape index (κ2) is 8.78. The lowest BCUT2D eigenvalue weighted by molar-refractivity contribution is -0.132. The Hall–Kier alpha value is -3.02. The summed E-state index contributed by atoms with van der Waals surface area (Å²) >= 11 is 0. The number of rotatable bonds is 4. The van der Waals surface area contributed by atoms with E-state index >= 15 is 0 Å². The van der Waals surface area contributed by atoms with Gasteiger partial charge in [0.15, 0.2) is 0 Å². The van der Waals surface area contributed by atoms with Gasteiger partial charge in [-0.25, -0.2) is 8.78 Å². The Labute approximate surface area is 172 Å². The number of hydrogen-bond donors (Lipinski definition) is 2. The number of nitriles is 1. The maximum absolute atomic E-state index is 14.8. The minimum absolute atomic E-state index is 0.0128. The van der Waals surface area contributed by atoms with Gasteiger partial charge in [0.05, 0.1) is 6.07 Å². The number of nitrogens with zero attached hydrogens (tertiary/aromatic N) is 1. The molecule has 6 nitrogen and oxygen atoms in total. The molecule has 1 unspecified atom stereocenters. The molecule has 2 N–H and O–H groups in total. The predicted octanol–water partition coefficient (Wildman–Crippen LogP) is 2.45. The van der Waals surface area contributed by atoms with Gasteiger partial charge in [0.25, 0.3) is 5.91 Å². The summed E-state index contributed by atoms with van der Waals surface area (Å²) in [7, 11) is 0. The molecule has 4 rings (SSSR count). The molecule has 156 valence electrons. The van der Waals surface area contributed by atoms with E-state index in [1.807, 2.05) is 6.07 Å². The average molecular weight is 413 g/mol. The molecular formula is C22H21F2N3O3. The maximum Gasteiger partial charge on any atom is 0.251 e. The number of carbonyl (C=O) groups is 1. The third kappa shape index (κ3) is 4.27. The number of hydrogen-bond acceptors (Lipinski definition) is 5. The molecule has 2 heterocycles. The predicted molar refractivity (Wildman–Crippen MR) is 105 cm³/mol. The van der Waals surface area contributed by atoms with Crippen LogP contribution in [0, 0.1) is 23.0 Å². The summed E-state index contributed by atoms with van der Waals surface area (Å²) in [4.78, 5) is 12.4. The first-order valence-corrected chi connectivity index (χ1v) is 9.81. The molecule has 2 aliphatic heterocycles. The Morgan fingerprint density at radius 3 is 3.00 bits per heavy atom. The van der Waals surface area contributed by atoms with Crippen LogP contribution in [0.3, 0.4) is 0 Å². The van der Waals surface area contributed by atoms with Crippen LogP contribution in [0.2, 0.25) is 0 Å². The molecular weight excluding hydrogens is 392 g/mol. The number of halogens is 2. The maximum atomic E-state index is 14.8. The fraction of sp³-hybridized carbons (Fsp3) is 0.364. The molecule has 0 radical (unpaired) electrons. The van der Waals surface area contributed by atoms with Crippen molar-refractivity contribution in [3.63, 3.8) is 0 Å². The van der Waals surface area contributed by atoms with Crippen molar-refractivity contribution in [2.45, 2.75) is 31.6 Å². The van der Waals surface area contributed by atoms with Crippen LogP contribution in [0.1, 0.15) is 17.5 Å². The average Bonchev–Trinajstić information content (AvgIpc) is 3.03. The summed E-state index contributed by atoms with van der Waals surface area (Å²) < 4.78 is 39.4. The van der Waals surface area contributed by atoms with E-state index in [0.29, 0.717) is 35.6 Å². The molecule has 2 aromatic carbocycles. The van der Waals surface area contributed by atoms with Crippen molar-refractivity contribution in [1.29, 1.82) is 5.26 Å². The van der Waals surface area contributed by atoms with E-state index in [-0.39, 0.29) is 24.4 Å². The fourth-order valence-corrected chi connectivity index (χ4v) is 3.68. The number of amides is 1. The number of fused-ring (bicyclic) bond motifs is 3. The van der Waals surface area contributed by atoms with Crippen LogP contribution in [-0.2, 0) is 22.6 Å². The molecule has 0 aromatic heterocycles. The molecule has 8 heteroatoms. The standard InChI is InChI=1S/C22H21F2N3O3/c23-15-2-3-17-14(6-15)12-30-20-8-13(19(24)9-18(17)20)7-16(10-25)27-22(28)21-11-26-4-1-5-29-21/h2-3,6,8-9,16,21,26H,1,4-5,7,11-12H2,(H,27,28)/t16-,21?/m0/s1. The smallest absolute Gasteiger partial charge is 0.251 e. The Bertz CT molecular complexity index is 998. The highest BCUT2D eigenvalue weighted by atomic mass is 19.1. The highest BCUT2D eigenvalue weighted by Crippen LogP contribution is 2.39. The third-order valence-electron chi connectivity index (χ3n) is 5.22. The van der Waals surface area contributed by atoms with Crippen LogP contribution in [-0.4, -0.2) is 37.7 Å². The SMILES string of the molecule is N#C[C@H](Cc1cc2c(cc1F)-c1ccc(F)cc1CO2)NC(=O)C1CNCCCO1. The summed E-state index contributed by atoms with van der Waals surface area (Å²) in [6.45, 7) is 1.77. The molecule has 2 atom stereocenters. The van der Waals surface area contributed by atoms with Gasteiger partial charge in [0.1, 0.15) is 36.1 Å². The van der Waals surface area contributed by atoms with Crippen molar-refractivity contribution in [3.05, 3.63) is 53.1 Å². The lowest BCUT2D eigenvalue weighted by Crippen LogP contribution is -2.46. The molecule has 30 heavy (non-hydrogen) atoms. The van der Waals surface area contributed by atoms with E-state index in [0.717, 1.165) is 13.0 Å². The van der Waals surface area contributed by atoms with Crippen LogP contribution in [0.25, 0.3) is 11.1 Å². The monoisotopic (exact) mass is 413 g/mol. The van der Waals surface area contributed by atoms with Gasteiger partial charge in [0.2, 0.25) is 0 Å². The van der Waals surface area contributed by atoms with Crippen molar-refractivity contribution in [3.8, 4) is 22.9 Å². The van der Waals surface area contributed by atoms with Gasteiger partial charge in [-0.1, -0.05) is 6.07 Å². The van der Waals surface area contributed by atoms with Crippen molar-refractivity contribution < 1.29 is 23.0 Å². The Morgan fingerprint density at radius 2 is 2.17 bits per heavy atom. The lowest BCUT2D eigenvalue weighted by Gasteiger charge is -2.23.